The van der Waals surface area contributed by atoms with Gasteiger partial charge in [0, 0.05) is 18.3 Å². The van der Waals surface area contributed by atoms with Crippen LogP contribution in [0.3, 0.4) is 0 Å². The molecule has 0 radical (unpaired) electrons. The number of hydrogen-bond donors (Lipinski definition) is 3. The standard InChI is InChI=1S/C12H16N4O2S/c1-2-5-14-10(17)7-16-12(18)9-4-3-8(6-15-9)11(13)19/h3-4,6H,2,5,7H2,1H3,(H2,13,19)(H,14,17)(H,16,18). The lowest BCUT2D eigenvalue weighted by molar-refractivity contribution is -0.120. The van der Waals surface area contributed by atoms with Crippen molar-refractivity contribution in [2.45, 2.75) is 13.3 Å². The number of nitrogens with zero attached hydrogens (tertiary/aromatic N) is 1. The van der Waals surface area contributed by atoms with Gasteiger partial charge in [-0.1, -0.05) is 19.1 Å². The highest BCUT2D eigenvalue weighted by molar-refractivity contribution is 7.80. The van der Waals surface area contributed by atoms with Crippen LogP contribution in [0.2, 0.25) is 0 Å². The maximum Gasteiger partial charge on any atom is 0.270 e. The number of carbonyl (C=O) groups is 2. The van der Waals surface area contributed by atoms with Gasteiger partial charge in [0.25, 0.3) is 5.91 Å². The Morgan fingerprint density at radius 3 is 2.63 bits per heavy atom. The summed E-state index contributed by atoms with van der Waals surface area (Å²) >= 11 is 4.78. The van der Waals surface area contributed by atoms with Crippen molar-refractivity contribution in [3.05, 3.63) is 29.6 Å². The minimum Gasteiger partial charge on any atom is -0.389 e. The van der Waals surface area contributed by atoms with E-state index in [0.29, 0.717) is 12.1 Å². The summed E-state index contributed by atoms with van der Waals surface area (Å²) in [5.74, 6) is -0.643. The first-order valence-corrected chi connectivity index (χ1v) is 6.26. The van der Waals surface area contributed by atoms with Gasteiger partial charge in [-0.25, -0.2) is 0 Å². The normalized spacial score (nSPS) is 9.74. The van der Waals surface area contributed by atoms with E-state index < -0.39 is 5.91 Å². The molecule has 0 atom stereocenters. The Kier molecular flexibility index (Phi) is 5.87. The fraction of sp³-hybridized carbons (Fsp3) is 0.333. The molecule has 6 nitrogen and oxygen atoms in total. The molecule has 0 spiro atoms. The SMILES string of the molecule is CCCNC(=O)CNC(=O)c1ccc(C(N)=S)cn1. The Balaban J connectivity index is 2.49. The maximum atomic E-state index is 11.7. The van der Waals surface area contributed by atoms with E-state index in [1.807, 2.05) is 6.92 Å². The number of rotatable bonds is 6. The first kappa shape index (κ1) is 15.0. The zero-order chi connectivity index (χ0) is 14.3. The Hall–Kier alpha value is -2.02. The molecular formula is C12H16N4O2S. The summed E-state index contributed by atoms with van der Waals surface area (Å²) in [6, 6.07) is 3.12. The third-order valence-corrected chi connectivity index (χ3v) is 2.50. The predicted molar refractivity (Wildman–Crippen MR) is 75.8 cm³/mol. The van der Waals surface area contributed by atoms with Crippen molar-refractivity contribution in [1.82, 2.24) is 15.6 Å². The van der Waals surface area contributed by atoms with Crippen LogP contribution in [-0.2, 0) is 4.79 Å². The molecule has 1 aromatic rings. The molecule has 7 heteroatoms. The summed E-state index contributed by atoms with van der Waals surface area (Å²) in [4.78, 5) is 27.1. The second kappa shape index (κ2) is 7.42. The monoisotopic (exact) mass is 280 g/mol. The summed E-state index contributed by atoms with van der Waals surface area (Å²) in [6.07, 6.45) is 2.27. The van der Waals surface area contributed by atoms with Gasteiger partial charge in [0.05, 0.1) is 6.54 Å². The van der Waals surface area contributed by atoms with E-state index in [1.165, 1.54) is 12.3 Å². The van der Waals surface area contributed by atoms with Gasteiger partial charge in [-0.15, -0.1) is 0 Å². The summed E-state index contributed by atoms with van der Waals surface area (Å²) < 4.78 is 0. The number of pyridine rings is 1. The zero-order valence-electron chi connectivity index (χ0n) is 10.6. The van der Waals surface area contributed by atoms with Crippen LogP contribution in [-0.4, -0.2) is 34.9 Å². The highest BCUT2D eigenvalue weighted by Crippen LogP contribution is 2.00. The molecule has 19 heavy (non-hydrogen) atoms. The van der Waals surface area contributed by atoms with Crippen LogP contribution in [0.5, 0.6) is 0 Å². The summed E-state index contributed by atoms with van der Waals surface area (Å²) in [7, 11) is 0. The average Bonchev–Trinajstić information content (AvgIpc) is 2.42. The Bertz CT molecular complexity index is 473. The second-order valence-electron chi connectivity index (χ2n) is 3.83. The first-order valence-electron chi connectivity index (χ1n) is 5.85. The second-order valence-corrected chi connectivity index (χ2v) is 4.27. The van der Waals surface area contributed by atoms with Crippen molar-refractivity contribution in [1.29, 1.82) is 0 Å². The zero-order valence-corrected chi connectivity index (χ0v) is 11.4. The Morgan fingerprint density at radius 1 is 1.37 bits per heavy atom. The summed E-state index contributed by atoms with van der Waals surface area (Å²) in [6.45, 7) is 2.47. The molecule has 0 fully saturated rings. The molecule has 0 unspecified atom stereocenters. The highest BCUT2D eigenvalue weighted by atomic mass is 32.1. The number of hydrogen-bond acceptors (Lipinski definition) is 4. The quantitative estimate of drug-likeness (QED) is 0.636. The molecule has 0 saturated carbocycles. The third-order valence-electron chi connectivity index (χ3n) is 2.26. The predicted octanol–water partition coefficient (Wildman–Crippen LogP) is -0.0282. The van der Waals surface area contributed by atoms with Crippen molar-refractivity contribution in [2.24, 2.45) is 5.73 Å². The minimum atomic E-state index is -0.416. The molecule has 0 aromatic carbocycles. The number of nitrogens with one attached hydrogen (secondary N) is 2. The molecule has 1 rings (SSSR count). The number of nitrogens with two attached hydrogens (primary N) is 1. The smallest absolute Gasteiger partial charge is 0.270 e. The number of aromatic nitrogens is 1. The van der Waals surface area contributed by atoms with Crippen LogP contribution in [0, 0.1) is 0 Å². The van der Waals surface area contributed by atoms with Crippen LogP contribution in [0.1, 0.15) is 29.4 Å². The molecule has 0 bridgehead atoms. The first-order chi connectivity index (χ1) is 9.04. The van der Waals surface area contributed by atoms with Crippen LogP contribution in [0.4, 0.5) is 0 Å². The molecule has 0 aliphatic carbocycles. The number of amides is 2. The molecule has 4 N–H and O–H groups in total. The van der Waals surface area contributed by atoms with Gasteiger partial charge in [0.2, 0.25) is 5.91 Å². The topological polar surface area (TPSA) is 97.1 Å². The molecule has 1 aromatic heterocycles. The molecule has 0 aliphatic heterocycles. The van der Waals surface area contributed by atoms with Crippen LogP contribution in [0.15, 0.2) is 18.3 Å². The van der Waals surface area contributed by atoms with E-state index in [-0.39, 0.29) is 23.1 Å². The lowest BCUT2D eigenvalue weighted by Gasteiger charge is -2.06. The van der Waals surface area contributed by atoms with E-state index in [4.69, 9.17) is 18.0 Å². The molecule has 1 heterocycles. The average molecular weight is 280 g/mol. The van der Waals surface area contributed by atoms with Crippen molar-refractivity contribution in [3.63, 3.8) is 0 Å². The van der Waals surface area contributed by atoms with Gasteiger partial charge < -0.3 is 16.4 Å². The molecule has 102 valence electrons. The van der Waals surface area contributed by atoms with Crippen molar-refractivity contribution >= 4 is 29.0 Å². The lowest BCUT2D eigenvalue weighted by Crippen LogP contribution is -2.37. The fourth-order valence-corrected chi connectivity index (χ4v) is 1.37. The summed E-state index contributed by atoms with van der Waals surface area (Å²) in [5.41, 5.74) is 6.22. The Labute approximate surface area is 116 Å². The van der Waals surface area contributed by atoms with Crippen LogP contribution in [0.25, 0.3) is 0 Å². The minimum absolute atomic E-state index is 0.0719. The van der Waals surface area contributed by atoms with Crippen molar-refractivity contribution in [2.75, 3.05) is 13.1 Å². The van der Waals surface area contributed by atoms with Gasteiger partial charge in [-0.2, -0.15) is 0 Å². The largest absolute Gasteiger partial charge is 0.389 e. The van der Waals surface area contributed by atoms with E-state index >= 15 is 0 Å². The van der Waals surface area contributed by atoms with E-state index in [1.54, 1.807) is 6.07 Å². The maximum absolute atomic E-state index is 11.7. The van der Waals surface area contributed by atoms with Crippen molar-refractivity contribution < 1.29 is 9.59 Å². The van der Waals surface area contributed by atoms with Crippen LogP contribution < -0.4 is 16.4 Å². The molecule has 0 aliphatic rings. The van der Waals surface area contributed by atoms with E-state index in [2.05, 4.69) is 15.6 Å². The van der Waals surface area contributed by atoms with Gasteiger partial charge >= 0.3 is 0 Å². The third kappa shape index (κ3) is 5.01. The van der Waals surface area contributed by atoms with Crippen LogP contribution >= 0.6 is 12.2 Å². The van der Waals surface area contributed by atoms with E-state index in [9.17, 15) is 9.59 Å². The molecule has 0 saturated heterocycles. The van der Waals surface area contributed by atoms with Crippen molar-refractivity contribution in [3.8, 4) is 0 Å². The van der Waals surface area contributed by atoms with Gasteiger partial charge in [-0.3, -0.25) is 14.6 Å². The van der Waals surface area contributed by atoms with E-state index in [0.717, 1.165) is 6.42 Å². The lowest BCUT2D eigenvalue weighted by atomic mass is 10.2. The highest BCUT2D eigenvalue weighted by Gasteiger charge is 2.09. The Morgan fingerprint density at radius 2 is 2.11 bits per heavy atom. The fourth-order valence-electron chi connectivity index (χ4n) is 1.25. The summed E-state index contributed by atoms with van der Waals surface area (Å²) in [5, 5.41) is 5.13. The number of thiocarbonyl (C=S) groups is 1. The van der Waals surface area contributed by atoms with Gasteiger partial charge in [-0.05, 0) is 18.6 Å². The molecular weight excluding hydrogens is 264 g/mol. The number of carbonyl (C=O) groups excluding carboxylic acids is 2. The molecule has 2 amide bonds. The van der Waals surface area contributed by atoms with Gasteiger partial charge in [0.1, 0.15) is 10.7 Å². The van der Waals surface area contributed by atoms with Gasteiger partial charge in [0.15, 0.2) is 0 Å².